The molecule has 1 aliphatic heterocycles. The van der Waals surface area contributed by atoms with Gasteiger partial charge in [-0.15, -0.1) is 0 Å². The number of phenolic OH excluding ortho intramolecular Hbond substituents is 1. The van der Waals surface area contributed by atoms with E-state index >= 15 is 0 Å². The number of ketones is 1. The molecule has 4 nitrogen and oxygen atoms in total. The third-order valence-corrected chi connectivity index (χ3v) is 4.74. The number of methoxy groups -OCH3 is 1. The largest absolute Gasteiger partial charge is 0.508 e. The Hall–Kier alpha value is -3.27. The summed E-state index contributed by atoms with van der Waals surface area (Å²) in [4.78, 5) is 13.3. The second-order valence-corrected chi connectivity index (χ2v) is 6.27. The number of benzene rings is 3. The Morgan fingerprint density at radius 3 is 2.35 bits per heavy atom. The van der Waals surface area contributed by atoms with Gasteiger partial charge in [-0.3, -0.25) is 4.79 Å². The number of hydrogen-bond acceptors (Lipinski definition) is 4. The lowest BCUT2D eigenvalue weighted by molar-refractivity contribution is -0.133. The van der Waals surface area contributed by atoms with Gasteiger partial charge in [0.2, 0.25) is 5.60 Å². The fourth-order valence-electron chi connectivity index (χ4n) is 3.40. The predicted octanol–water partition coefficient (Wildman–Crippen LogP) is 3.85. The maximum Gasteiger partial charge on any atom is 0.217 e. The van der Waals surface area contributed by atoms with E-state index in [0.29, 0.717) is 17.1 Å². The molecular weight excluding hydrogens is 328 g/mol. The molecule has 3 aromatic rings. The van der Waals surface area contributed by atoms with Crippen molar-refractivity contribution in [3.63, 3.8) is 0 Å². The molecule has 0 spiro atoms. The molecule has 1 heterocycles. The van der Waals surface area contributed by atoms with E-state index in [0.717, 1.165) is 11.1 Å². The fraction of sp³-hybridized carbons (Fsp3) is 0.136. The van der Waals surface area contributed by atoms with E-state index in [1.807, 2.05) is 42.5 Å². The lowest BCUT2D eigenvalue weighted by Crippen LogP contribution is -2.46. The Morgan fingerprint density at radius 2 is 1.65 bits per heavy atom. The lowest BCUT2D eigenvalue weighted by atomic mass is 9.78. The zero-order valence-corrected chi connectivity index (χ0v) is 14.3. The molecule has 0 fully saturated rings. The average molecular weight is 346 g/mol. The summed E-state index contributed by atoms with van der Waals surface area (Å²) in [5.41, 5.74) is 1.01. The Balaban J connectivity index is 1.93. The molecule has 0 saturated heterocycles. The van der Waals surface area contributed by atoms with E-state index in [1.54, 1.807) is 37.4 Å². The molecule has 1 aliphatic rings. The second kappa shape index (κ2) is 6.23. The molecule has 26 heavy (non-hydrogen) atoms. The summed E-state index contributed by atoms with van der Waals surface area (Å²) in [6.45, 7) is 0. The van der Waals surface area contributed by atoms with Crippen LogP contribution in [0.2, 0.25) is 0 Å². The van der Waals surface area contributed by atoms with Crippen LogP contribution in [0, 0.1) is 0 Å². The summed E-state index contributed by atoms with van der Waals surface area (Å²) in [6.07, 6.45) is 0.259. The zero-order chi connectivity index (χ0) is 18.1. The molecule has 0 radical (unpaired) electrons. The van der Waals surface area contributed by atoms with Gasteiger partial charge in [-0.25, -0.2) is 0 Å². The van der Waals surface area contributed by atoms with E-state index in [-0.39, 0.29) is 18.0 Å². The highest BCUT2D eigenvalue weighted by molar-refractivity contribution is 5.96. The zero-order valence-electron chi connectivity index (χ0n) is 14.3. The van der Waals surface area contributed by atoms with Crippen LogP contribution < -0.4 is 9.47 Å². The molecule has 130 valence electrons. The van der Waals surface area contributed by atoms with Gasteiger partial charge < -0.3 is 14.6 Å². The van der Waals surface area contributed by atoms with Crippen molar-refractivity contribution in [1.29, 1.82) is 0 Å². The van der Waals surface area contributed by atoms with Crippen molar-refractivity contribution >= 4 is 5.78 Å². The first-order valence-electron chi connectivity index (χ1n) is 8.38. The topological polar surface area (TPSA) is 55.8 Å². The third-order valence-electron chi connectivity index (χ3n) is 4.74. The first-order chi connectivity index (χ1) is 12.6. The van der Waals surface area contributed by atoms with Crippen LogP contribution in [0.4, 0.5) is 0 Å². The molecule has 4 rings (SSSR count). The van der Waals surface area contributed by atoms with Crippen LogP contribution in [0.5, 0.6) is 17.2 Å². The van der Waals surface area contributed by atoms with Crippen molar-refractivity contribution in [2.75, 3.05) is 7.11 Å². The molecule has 3 aromatic carbocycles. The molecule has 0 aromatic heterocycles. The van der Waals surface area contributed by atoms with Crippen LogP contribution in [0.15, 0.2) is 72.8 Å². The van der Waals surface area contributed by atoms with Crippen molar-refractivity contribution in [3.8, 4) is 17.2 Å². The van der Waals surface area contributed by atoms with E-state index in [9.17, 15) is 9.90 Å². The number of phenols is 1. The van der Waals surface area contributed by atoms with Crippen molar-refractivity contribution in [1.82, 2.24) is 0 Å². The van der Waals surface area contributed by atoms with E-state index in [4.69, 9.17) is 9.47 Å². The number of Topliss-reactive ketones (excluding diaryl/α,β-unsaturated/α-hetero) is 1. The highest BCUT2D eigenvalue weighted by Gasteiger charge is 2.47. The van der Waals surface area contributed by atoms with Gasteiger partial charge in [0.15, 0.2) is 5.78 Å². The van der Waals surface area contributed by atoms with Gasteiger partial charge in [-0.05, 0) is 18.2 Å². The van der Waals surface area contributed by atoms with Crippen LogP contribution in [-0.2, 0) is 16.8 Å². The van der Waals surface area contributed by atoms with Crippen LogP contribution in [0.25, 0.3) is 0 Å². The maximum atomic E-state index is 13.3. The van der Waals surface area contributed by atoms with E-state index in [2.05, 4.69) is 0 Å². The van der Waals surface area contributed by atoms with Gasteiger partial charge >= 0.3 is 0 Å². The third kappa shape index (κ3) is 2.51. The number of aromatic hydroxyl groups is 1. The molecule has 0 saturated carbocycles. The normalized spacial score (nSPS) is 18.7. The van der Waals surface area contributed by atoms with E-state index in [1.165, 1.54) is 0 Å². The molecule has 4 heteroatoms. The maximum absolute atomic E-state index is 13.3. The van der Waals surface area contributed by atoms with Gasteiger partial charge in [-0.1, -0.05) is 48.5 Å². The number of rotatable bonds is 3. The van der Waals surface area contributed by atoms with Gasteiger partial charge in [-0.2, -0.15) is 0 Å². The molecule has 1 N–H and O–H groups in total. The summed E-state index contributed by atoms with van der Waals surface area (Å²) >= 11 is 0. The minimum absolute atomic E-state index is 0.0490. The first kappa shape index (κ1) is 16.2. The highest BCUT2D eigenvalue weighted by atomic mass is 16.5. The fourth-order valence-corrected chi connectivity index (χ4v) is 3.40. The number of fused-ring (bicyclic) bond motifs is 1. The van der Waals surface area contributed by atoms with Gasteiger partial charge in [0.1, 0.15) is 17.2 Å². The van der Waals surface area contributed by atoms with Gasteiger partial charge in [0, 0.05) is 29.2 Å². The Kier molecular flexibility index (Phi) is 3.88. The Bertz CT molecular complexity index is 948. The van der Waals surface area contributed by atoms with Crippen molar-refractivity contribution in [3.05, 3.63) is 89.5 Å². The van der Waals surface area contributed by atoms with E-state index < -0.39 is 5.60 Å². The monoisotopic (exact) mass is 346 g/mol. The quantitative estimate of drug-likeness (QED) is 0.783. The molecule has 1 unspecified atom stereocenters. The second-order valence-electron chi connectivity index (χ2n) is 6.27. The molecule has 0 aliphatic carbocycles. The molecule has 0 bridgehead atoms. The minimum Gasteiger partial charge on any atom is -0.508 e. The van der Waals surface area contributed by atoms with Crippen LogP contribution in [0.3, 0.4) is 0 Å². The van der Waals surface area contributed by atoms with Gasteiger partial charge in [0.05, 0.1) is 7.11 Å². The molecular formula is C22H18O4. The molecule has 1 atom stereocenters. The Labute approximate surface area is 151 Å². The smallest absolute Gasteiger partial charge is 0.217 e. The summed E-state index contributed by atoms with van der Waals surface area (Å²) in [5.74, 6) is 1.39. The molecule has 0 amide bonds. The number of ether oxygens (including phenoxy) is 2. The van der Waals surface area contributed by atoms with Crippen molar-refractivity contribution < 1.29 is 19.4 Å². The predicted molar refractivity (Wildman–Crippen MR) is 97.7 cm³/mol. The lowest BCUT2D eigenvalue weighted by Gasteiger charge is -2.38. The van der Waals surface area contributed by atoms with Crippen molar-refractivity contribution in [2.24, 2.45) is 0 Å². The number of carbonyl (C=O) groups excluding carboxylic acids is 1. The number of hydrogen-bond donors (Lipinski definition) is 1. The standard InChI is InChI=1S/C22H18O4/c1-25-19-12-7-15-13-21(24)22(26-20(15)14-19,16-5-3-2-4-6-16)17-8-10-18(23)11-9-17/h2-12,14,23H,13H2,1H3. The van der Waals surface area contributed by atoms with Gasteiger partial charge in [0.25, 0.3) is 0 Å². The highest BCUT2D eigenvalue weighted by Crippen LogP contribution is 2.43. The number of carbonyl (C=O) groups is 1. The van der Waals surface area contributed by atoms with Crippen LogP contribution in [0.1, 0.15) is 16.7 Å². The van der Waals surface area contributed by atoms with Crippen molar-refractivity contribution in [2.45, 2.75) is 12.0 Å². The average Bonchev–Trinajstić information content (AvgIpc) is 2.68. The summed E-state index contributed by atoms with van der Waals surface area (Å²) in [6, 6.07) is 21.5. The van der Waals surface area contributed by atoms with Crippen LogP contribution >= 0.6 is 0 Å². The van der Waals surface area contributed by atoms with Crippen LogP contribution in [-0.4, -0.2) is 18.0 Å². The Morgan fingerprint density at radius 1 is 0.962 bits per heavy atom. The summed E-state index contributed by atoms with van der Waals surface area (Å²) < 4.78 is 11.7. The minimum atomic E-state index is -1.26. The summed E-state index contributed by atoms with van der Waals surface area (Å²) in [5, 5.41) is 9.66. The summed E-state index contributed by atoms with van der Waals surface area (Å²) in [7, 11) is 1.60. The SMILES string of the molecule is COc1ccc2c(c1)OC(c1ccccc1)(c1ccc(O)cc1)C(=O)C2. The first-order valence-corrected chi connectivity index (χ1v) is 8.38.